The number of anilines is 2. The molecule has 0 aliphatic carbocycles. The summed E-state index contributed by atoms with van der Waals surface area (Å²) in [6.45, 7) is -0.258. The zero-order valence-corrected chi connectivity index (χ0v) is 10.5. The molecule has 0 saturated carbocycles. The molecule has 0 unspecified atom stereocenters. The second-order valence-corrected chi connectivity index (χ2v) is 4.12. The number of nitriles is 1. The monoisotopic (exact) mass is 256 g/mol. The van der Waals surface area contributed by atoms with Gasteiger partial charge in [-0.25, -0.2) is 4.39 Å². The van der Waals surface area contributed by atoms with Crippen LogP contribution in [-0.4, -0.2) is 12.2 Å². The van der Waals surface area contributed by atoms with Crippen molar-refractivity contribution in [3.8, 4) is 6.07 Å². The minimum absolute atomic E-state index is 0.258. The van der Waals surface area contributed by atoms with Gasteiger partial charge in [0.15, 0.2) is 0 Å². The number of aliphatic hydroxyl groups excluding tert-OH is 1. The molecule has 4 heteroatoms. The molecule has 0 bridgehead atoms. The van der Waals surface area contributed by atoms with Crippen molar-refractivity contribution in [1.29, 1.82) is 5.26 Å². The number of para-hydroxylation sites is 1. The molecule has 0 aromatic heterocycles. The van der Waals surface area contributed by atoms with Gasteiger partial charge in [-0.15, -0.1) is 0 Å². The lowest BCUT2D eigenvalue weighted by atomic mass is 10.1. The highest BCUT2D eigenvalue weighted by atomic mass is 19.1. The zero-order chi connectivity index (χ0) is 13.8. The van der Waals surface area contributed by atoms with Crippen LogP contribution in [0.2, 0.25) is 0 Å². The van der Waals surface area contributed by atoms with Crippen molar-refractivity contribution in [2.75, 3.05) is 11.9 Å². The summed E-state index contributed by atoms with van der Waals surface area (Å²) in [7, 11) is 1.78. The maximum absolute atomic E-state index is 13.2. The maximum Gasteiger partial charge on any atom is 0.123 e. The van der Waals surface area contributed by atoms with E-state index in [2.05, 4.69) is 6.07 Å². The molecule has 19 heavy (non-hydrogen) atoms. The quantitative estimate of drug-likeness (QED) is 0.918. The largest absolute Gasteiger partial charge is 0.392 e. The van der Waals surface area contributed by atoms with Crippen LogP contribution in [0.4, 0.5) is 15.8 Å². The van der Waals surface area contributed by atoms with Crippen LogP contribution < -0.4 is 4.90 Å². The van der Waals surface area contributed by atoms with Gasteiger partial charge in [0.1, 0.15) is 11.9 Å². The molecule has 2 aromatic rings. The van der Waals surface area contributed by atoms with Crippen LogP contribution in [0.25, 0.3) is 0 Å². The van der Waals surface area contributed by atoms with E-state index in [0.29, 0.717) is 22.5 Å². The molecule has 3 nitrogen and oxygen atoms in total. The molecule has 2 rings (SSSR count). The number of rotatable bonds is 3. The van der Waals surface area contributed by atoms with Gasteiger partial charge in [0.25, 0.3) is 0 Å². The molecule has 1 N–H and O–H groups in total. The molecule has 0 amide bonds. The summed E-state index contributed by atoms with van der Waals surface area (Å²) in [6.07, 6.45) is 0. The van der Waals surface area contributed by atoms with Crippen LogP contribution in [0, 0.1) is 17.1 Å². The summed E-state index contributed by atoms with van der Waals surface area (Å²) in [4.78, 5) is 1.77. The number of hydrogen-bond donors (Lipinski definition) is 1. The van der Waals surface area contributed by atoms with E-state index in [0.717, 1.165) is 0 Å². The molecule has 0 atom stereocenters. The molecule has 2 aromatic carbocycles. The fourth-order valence-electron chi connectivity index (χ4n) is 2.00. The van der Waals surface area contributed by atoms with Crippen LogP contribution >= 0.6 is 0 Å². The lowest BCUT2D eigenvalue weighted by molar-refractivity contribution is 0.281. The van der Waals surface area contributed by atoms with Crippen molar-refractivity contribution < 1.29 is 9.50 Å². The summed E-state index contributed by atoms with van der Waals surface area (Å²) < 4.78 is 13.2. The Morgan fingerprint density at radius 1 is 1.21 bits per heavy atom. The van der Waals surface area contributed by atoms with E-state index in [-0.39, 0.29) is 6.61 Å². The van der Waals surface area contributed by atoms with E-state index in [9.17, 15) is 9.50 Å². The number of halogens is 1. The van der Waals surface area contributed by atoms with Crippen molar-refractivity contribution in [1.82, 2.24) is 0 Å². The summed E-state index contributed by atoms with van der Waals surface area (Å²) in [5, 5.41) is 18.4. The second kappa shape index (κ2) is 5.51. The van der Waals surface area contributed by atoms with Crippen LogP contribution in [0.3, 0.4) is 0 Å². The average molecular weight is 256 g/mol. The molecular weight excluding hydrogens is 243 g/mol. The van der Waals surface area contributed by atoms with E-state index < -0.39 is 5.82 Å². The van der Waals surface area contributed by atoms with Gasteiger partial charge in [-0.05, 0) is 30.3 Å². The number of nitrogens with zero attached hydrogens (tertiary/aromatic N) is 2. The van der Waals surface area contributed by atoms with Gasteiger partial charge in [0.2, 0.25) is 0 Å². The third-order valence-corrected chi connectivity index (χ3v) is 2.96. The third kappa shape index (κ3) is 2.56. The molecule has 0 aliphatic heterocycles. The van der Waals surface area contributed by atoms with Gasteiger partial charge in [-0.1, -0.05) is 12.1 Å². The first-order chi connectivity index (χ1) is 9.17. The van der Waals surface area contributed by atoms with Crippen LogP contribution in [-0.2, 0) is 6.61 Å². The summed E-state index contributed by atoms with van der Waals surface area (Å²) >= 11 is 0. The van der Waals surface area contributed by atoms with Crippen molar-refractivity contribution in [3.63, 3.8) is 0 Å². The Kier molecular flexibility index (Phi) is 3.79. The summed E-state index contributed by atoms with van der Waals surface area (Å²) in [6, 6.07) is 13.5. The van der Waals surface area contributed by atoms with Crippen molar-refractivity contribution in [2.24, 2.45) is 0 Å². The van der Waals surface area contributed by atoms with E-state index >= 15 is 0 Å². The molecule has 0 radical (unpaired) electrons. The maximum atomic E-state index is 13.2. The van der Waals surface area contributed by atoms with E-state index in [1.807, 2.05) is 12.1 Å². The molecule has 0 saturated heterocycles. The van der Waals surface area contributed by atoms with Crippen molar-refractivity contribution >= 4 is 11.4 Å². The number of hydrogen-bond acceptors (Lipinski definition) is 3. The molecule has 0 fully saturated rings. The van der Waals surface area contributed by atoms with Gasteiger partial charge in [0.05, 0.1) is 17.9 Å². The van der Waals surface area contributed by atoms with Crippen molar-refractivity contribution in [2.45, 2.75) is 6.61 Å². The van der Waals surface area contributed by atoms with Gasteiger partial charge in [-0.2, -0.15) is 5.26 Å². The molecule has 0 heterocycles. The first-order valence-corrected chi connectivity index (χ1v) is 5.79. The number of benzene rings is 2. The molecular formula is C15H13FN2O. The predicted molar refractivity (Wildman–Crippen MR) is 71.5 cm³/mol. The second-order valence-electron chi connectivity index (χ2n) is 4.12. The summed E-state index contributed by atoms with van der Waals surface area (Å²) in [5.74, 6) is -0.394. The fraction of sp³-hybridized carbons (Fsp3) is 0.133. The van der Waals surface area contributed by atoms with Gasteiger partial charge in [-0.3, -0.25) is 0 Å². The SMILES string of the molecule is CN(c1ccccc1C#N)c1ccc(F)cc1CO. The standard InChI is InChI=1S/C15H13FN2O/c1-18(14-5-3-2-4-11(14)9-17)15-7-6-13(16)8-12(15)10-19/h2-8,19H,10H2,1H3. The predicted octanol–water partition coefficient (Wildman–Crippen LogP) is 2.96. The number of aliphatic hydroxyl groups is 1. The summed E-state index contributed by atoms with van der Waals surface area (Å²) in [5.41, 5.74) is 2.39. The van der Waals surface area contributed by atoms with Crippen LogP contribution in [0.5, 0.6) is 0 Å². The van der Waals surface area contributed by atoms with Crippen molar-refractivity contribution in [3.05, 3.63) is 59.4 Å². The van der Waals surface area contributed by atoms with E-state index in [4.69, 9.17) is 5.26 Å². The van der Waals surface area contributed by atoms with E-state index in [1.165, 1.54) is 12.1 Å². The topological polar surface area (TPSA) is 47.3 Å². The van der Waals surface area contributed by atoms with Crippen LogP contribution in [0.15, 0.2) is 42.5 Å². The van der Waals surface area contributed by atoms with Gasteiger partial charge < -0.3 is 10.0 Å². The Morgan fingerprint density at radius 3 is 2.63 bits per heavy atom. The Labute approximate surface area is 111 Å². The average Bonchev–Trinajstić information content (AvgIpc) is 2.46. The first kappa shape index (κ1) is 13.1. The smallest absolute Gasteiger partial charge is 0.123 e. The fourth-order valence-corrected chi connectivity index (χ4v) is 2.00. The van der Waals surface area contributed by atoms with Gasteiger partial charge >= 0.3 is 0 Å². The minimum Gasteiger partial charge on any atom is -0.392 e. The normalized spacial score (nSPS) is 10.0. The molecule has 96 valence electrons. The minimum atomic E-state index is -0.394. The Balaban J connectivity index is 2.50. The highest BCUT2D eigenvalue weighted by molar-refractivity contribution is 5.70. The van der Waals surface area contributed by atoms with Gasteiger partial charge in [0, 0.05) is 18.3 Å². The third-order valence-electron chi connectivity index (χ3n) is 2.96. The highest BCUT2D eigenvalue weighted by Crippen LogP contribution is 2.29. The Bertz CT molecular complexity index is 634. The Hall–Kier alpha value is -2.38. The zero-order valence-electron chi connectivity index (χ0n) is 10.5. The lowest BCUT2D eigenvalue weighted by Gasteiger charge is -2.23. The van der Waals surface area contributed by atoms with Crippen LogP contribution in [0.1, 0.15) is 11.1 Å². The molecule has 0 aliphatic rings. The molecule has 0 spiro atoms. The lowest BCUT2D eigenvalue weighted by Crippen LogP contribution is -2.13. The highest BCUT2D eigenvalue weighted by Gasteiger charge is 2.12. The Morgan fingerprint density at radius 2 is 1.95 bits per heavy atom. The first-order valence-electron chi connectivity index (χ1n) is 5.79. The van der Waals surface area contributed by atoms with E-state index in [1.54, 1.807) is 30.1 Å².